The molecule has 0 saturated heterocycles. The fourth-order valence-corrected chi connectivity index (χ4v) is 3.95. The van der Waals surface area contributed by atoms with Crippen LogP contribution in [0.15, 0.2) is 23.7 Å². The van der Waals surface area contributed by atoms with Gasteiger partial charge in [0, 0.05) is 24.9 Å². The SMILES string of the molecule is CC(NC1CCCCC1CO)c1cnc2ccsc2c1. The van der Waals surface area contributed by atoms with Gasteiger partial charge in [0.2, 0.25) is 0 Å². The van der Waals surface area contributed by atoms with Gasteiger partial charge in [-0.3, -0.25) is 4.98 Å². The highest BCUT2D eigenvalue weighted by Gasteiger charge is 2.25. The molecule has 108 valence electrons. The van der Waals surface area contributed by atoms with Crippen molar-refractivity contribution in [2.45, 2.75) is 44.7 Å². The molecule has 0 bridgehead atoms. The van der Waals surface area contributed by atoms with E-state index < -0.39 is 0 Å². The predicted octanol–water partition coefficient (Wildman–Crippen LogP) is 3.50. The summed E-state index contributed by atoms with van der Waals surface area (Å²) in [5.74, 6) is 0.407. The highest BCUT2D eigenvalue weighted by atomic mass is 32.1. The zero-order chi connectivity index (χ0) is 13.9. The Morgan fingerprint density at radius 3 is 3.15 bits per heavy atom. The van der Waals surface area contributed by atoms with Crippen LogP contribution in [0.4, 0.5) is 0 Å². The first-order valence-corrected chi connectivity index (χ1v) is 8.36. The molecular weight excluding hydrogens is 268 g/mol. The summed E-state index contributed by atoms with van der Waals surface area (Å²) in [7, 11) is 0. The third-order valence-electron chi connectivity index (χ3n) is 4.43. The Bertz CT molecular complexity index is 568. The van der Waals surface area contributed by atoms with E-state index in [0.29, 0.717) is 18.6 Å². The Hall–Kier alpha value is -0.970. The average molecular weight is 290 g/mol. The van der Waals surface area contributed by atoms with Crippen LogP contribution in [-0.2, 0) is 0 Å². The van der Waals surface area contributed by atoms with E-state index in [4.69, 9.17) is 0 Å². The highest BCUT2D eigenvalue weighted by molar-refractivity contribution is 7.17. The molecule has 0 radical (unpaired) electrons. The second-order valence-corrected chi connectivity index (χ2v) is 6.74. The van der Waals surface area contributed by atoms with Gasteiger partial charge in [-0.25, -0.2) is 0 Å². The number of thiophene rings is 1. The average Bonchev–Trinajstić information content (AvgIpc) is 2.95. The lowest BCUT2D eigenvalue weighted by Gasteiger charge is -2.33. The molecule has 1 saturated carbocycles. The smallest absolute Gasteiger partial charge is 0.0809 e. The summed E-state index contributed by atoms with van der Waals surface area (Å²) >= 11 is 1.74. The van der Waals surface area contributed by atoms with Crippen LogP contribution in [-0.4, -0.2) is 22.7 Å². The maximum Gasteiger partial charge on any atom is 0.0809 e. The molecule has 3 nitrogen and oxygen atoms in total. The summed E-state index contributed by atoms with van der Waals surface area (Å²) in [5, 5.41) is 15.3. The van der Waals surface area contributed by atoms with Crippen molar-refractivity contribution in [2.75, 3.05) is 6.61 Å². The van der Waals surface area contributed by atoms with Crippen molar-refractivity contribution in [1.82, 2.24) is 10.3 Å². The Morgan fingerprint density at radius 1 is 1.45 bits per heavy atom. The van der Waals surface area contributed by atoms with Crippen LogP contribution in [0.25, 0.3) is 10.2 Å². The van der Waals surface area contributed by atoms with E-state index in [-0.39, 0.29) is 6.04 Å². The van der Waals surface area contributed by atoms with Crippen LogP contribution >= 0.6 is 11.3 Å². The summed E-state index contributed by atoms with van der Waals surface area (Å²) in [6.07, 6.45) is 6.81. The van der Waals surface area contributed by atoms with Crippen LogP contribution < -0.4 is 5.32 Å². The van der Waals surface area contributed by atoms with Gasteiger partial charge in [-0.15, -0.1) is 11.3 Å². The Kier molecular flexibility index (Phi) is 4.34. The Morgan fingerprint density at radius 2 is 2.30 bits per heavy atom. The number of aliphatic hydroxyl groups excluding tert-OH is 1. The molecule has 3 rings (SSSR count). The van der Waals surface area contributed by atoms with Gasteiger partial charge in [-0.2, -0.15) is 0 Å². The molecule has 20 heavy (non-hydrogen) atoms. The van der Waals surface area contributed by atoms with E-state index in [0.717, 1.165) is 11.9 Å². The summed E-state index contributed by atoms with van der Waals surface area (Å²) in [6.45, 7) is 2.49. The van der Waals surface area contributed by atoms with Crippen molar-refractivity contribution in [3.05, 3.63) is 29.3 Å². The first-order valence-electron chi connectivity index (χ1n) is 7.48. The number of aromatic nitrogens is 1. The van der Waals surface area contributed by atoms with Crippen LogP contribution in [0.5, 0.6) is 0 Å². The van der Waals surface area contributed by atoms with Crippen LogP contribution in [0.3, 0.4) is 0 Å². The van der Waals surface area contributed by atoms with Gasteiger partial charge >= 0.3 is 0 Å². The molecule has 2 aromatic rings. The van der Waals surface area contributed by atoms with Gasteiger partial charge < -0.3 is 10.4 Å². The molecule has 1 fully saturated rings. The molecule has 2 heterocycles. The number of pyridine rings is 1. The topological polar surface area (TPSA) is 45.1 Å². The molecule has 1 aliphatic rings. The number of fused-ring (bicyclic) bond motifs is 1. The largest absolute Gasteiger partial charge is 0.396 e. The minimum absolute atomic E-state index is 0.283. The lowest BCUT2D eigenvalue weighted by Crippen LogP contribution is -2.41. The van der Waals surface area contributed by atoms with Crippen LogP contribution in [0.1, 0.15) is 44.2 Å². The first kappa shape index (κ1) is 14.0. The van der Waals surface area contributed by atoms with E-state index >= 15 is 0 Å². The monoisotopic (exact) mass is 290 g/mol. The third-order valence-corrected chi connectivity index (χ3v) is 5.28. The lowest BCUT2D eigenvalue weighted by atomic mass is 9.84. The Labute approximate surface area is 124 Å². The van der Waals surface area contributed by atoms with Gasteiger partial charge in [0.15, 0.2) is 0 Å². The van der Waals surface area contributed by atoms with Crippen LogP contribution in [0.2, 0.25) is 0 Å². The fourth-order valence-electron chi connectivity index (χ4n) is 3.16. The van der Waals surface area contributed by atoms with Crippen molar-refractivity contribution in [1.29, 1.82) is 0 Å². The van der Waals surface area contributed by atoms with Gasteiger partial charge in [0.05, 0.1) is 10.2 Å². The molecule has 0 spiro atoms. The summed E-state index contributed by atoms with van der Waals surface area (Å²) in [5.41, 5.74) is 2.32. The molecule has 1 aliphatic carbocycles. The van der Waals surface area contributed by atoms with Crippen molar-refractivity contribution < 1.29 is 5.11 Å². The predicted molar refractivity (Wildman–Crippen MR) is 84.0 cm³/mol. The fraction of sp³-hybridized carbons (Fsp3) is 0.562. The Balaban J connectivity index is 1.72. The molecule has 0 aromatic carbocycles. The first-order chi connectivity index (χ1) is 9.78. The lowest BCUT2D eigenvalue weighted by molar-refractivity contribution is 0.147. The second kappa shape index (κ2) is 6.20. The number of rotatable bonds is 4. The van der Waals surface area contributed by atoms with E-state index in [1.165, 1.54) is 29.5 Å². The van der Waals surface area contributed by atoms with Crippen molar-refractivity contribution in [3.8, 4) is 0 Å². The molecule has 2 aromatic heterocycles. The van der Waals surface area contributed by atoms with Gasteiger partial charge in [0.25, 0.3) is 0 Å². The minimum atomic E-state index is 0.283. The van der Waals surface area contributed by atoms with E-state index in [9.17, 15) is 5.11 Å². The standard InChI is InChI=1S/C16H22N2OS/c1-11(18-14-5-3-2-4-12(14)10-19)13-8-16-15(17-9-13)6-7-20-16/h6-9,11-12,14,18-19H,2-5,10H2,1H3. The van der Waals surface area contributed by atoms with E-state index in [1.807, 2.05) is 6.20 Å². The molecule has 3 atom stereocenters. The quantitative estimate of drug-likeness (QED) is 0.906. The van der Waals surface area contributed by atoms with Crippen molar-refractivity contribution >= 4 is 21.6 Å². The molecule has 3 unspecified atom stereocenters. The normalized spacial score (nSPS) is 24.9. The number of nitrogens with zero attached hydrogens (tertiary/aromatic N) is 1. The molecule has 2 N–H and O–H groups in total. The molecule has 0 aliphatic heterocycles. The van der Waals surface area contributed by atoms with Crippen LogP contribution in [0, 0.1) is 5.92 Å². The third kappa shape index (κ3) is 2.87. The number of hydrogen-bond donors (Lipinski definition) is 2. The van der Waals surface area contributed by atoms with Gasteiger partial charge in [-0.1, -0.05) is 12.8 Å². The number of hydrogen-bond acceptors (Lipinski definition) is 4. The molecule has 4 heteroatoms. The summed E-state index contributed by atoms with van der Waals surface area (Å²) in [4.78, 5) is 4.52. The van der Waals surface area contributed by atoms with Gasteiger partial charge in [-0.05, 0) is 48.8 Å². The minimum Gasteiger partial charge on any atom is -0.396 e. The summed E-state index contributed by atoms with van der Waals surface area (Å²) < 4.78 is 1.25. The zero-order valence-corrected chi connectivity index (χ0v) is 12.7. The molecular formula is C16H22N2OS. The molecule has 0 amide bonds. The maximum absolute atomic E-state index is 9.51. The van der Waals surface area contributed by atoms with E-state index in [1.54, 1.807) is 11.3 Å². The number of aliphatic hydroxyl groups is 1. The summed E-state index contributed by atoms with van der Waals surface area (Å²) in [6, 6.07) is 5.01. The second-order valence-electron chi connectivity index (χ2n) is 5.79. The zero-order valence-electron chi connectivity index (χ0n) is 11.9. The van der Waals surface area contributed by atoms with Gasteiger partial charge in [0.1, 0.15) is 0 Å². The van der Waals surface area contributed by atoms with E-state index in [2.05, 4.69) is 34.7 Å². The van der Waals surface area contributed by atoms with Crippen molar-refractivity contribution in [2.24, 2.45) is 5.92 Å². The number of nitrogens with one attached hydrogen (secondary N) is 1. The highest BCUT2D eigenvalue weighted by Crippen LogP contribution is 2.27. The maximum atomic E-state index is 9.51. The van der Waals surface area contributed by atoms with Crippen molar-refractivity contribution in [3.63, 3.8) is 0 Å².